The summed E-state index contributed by atoms with van der Waals surface area (Å²) in [6.45, 7) is 6.06. The van der Waals surface area contributed by atoms with Gasteiger partial charge in [0.1, 0.15) is 0 Å². The molecule has 0 radical (unpaired) electrons. The van der Waals surface area contributed by atoms with Crippen molar-refractivity contribution in [3.8, 4) is 0 Å². The Balaban J connectivity index is 1.85. The molecule has 0 fully saturated rings. The second-order valence-electron chi connectivity index (χ2n) is 5.11. The van der Waals surface area contributed by atoms with E-state index in [9.17, 15) is 9.59 Å². The van der Waals surface area contributed by atoms with Crippen molar-refractivity contribution in [1.82, 2.24) is 10.9 Å². The van der Waals surface area contributed by atoms with Crippen LogP contribution in [0.1, 0.15) is 27.2 Å². The van der Waals surface area contributed by atoms with Gasteiger partial charge in [-0.15, -0.1) is 0 Å². The second-order valence-corrected chi connectivity index (χ2v) is 5.11. The summed E-state index contributed by atoms with van der Waals surface area (Å²) < 4.78 is 4.92. The molecule has 0 spiro atoms. The molecule has 0 atom stereocenters. The highest BCUT2D eigenvalue weighted by Gasteiger charge is 2.10. The van der Waals surface area contributed by atoms with Crippen LogP contribution in [-0.2, 0) is 4.79 Å². The van der Waals surface area contributed by atoms with E-state index in [1.165, 1.54) is 17.9 Å². The molecule has 0 aliphatic carbocycles. The Morgan fingerprint density at radius 3 is 2.36 bits per heavy atom. The van der Waals surface area contributed by atoms with Crippen LogP contribution in [0.3, 0.4) is 0 Å². The summed E-state index contributed by atoms with van der Waals surface area (Å²) in [5, 5.41) is 3.08. The zero-order chi connectivity index (χ0) is 16.1. The Bertz CT molecular complexity index is 655. The molecular weight excluding hydrogens is 282 g/mol. The third kappa shape index (κ3) is 3.88. The quantitative estimate of drug-likeness (QED) is 0.755. The molecule has 2 amide bonds. The molecule has 2 aromatic rings. The van der Waals surface area contributed by atoms with Crippen molar-refractivity contribution < 1.29 is 14.0 Å². The fourth-order valence-corrected chi connectivity index (χ4v) is 2.27. The van der Waals surface area contributed by atoms with Crippen LogP contribution in [0.5, 0.6) is 0 Å². The smallest absolute Gasteiger partial charge is 0.305 e. The van der Waals surface area contributed by atoms with Crippen LogP contribution in [-0.4, -0.2) is 18.4 Å². The van der Waals surface area contributed by atoms with Crippen LogP contribution in [0.15, 0.2) is 34.9 Å². The van der Waals surface area contributed by atoms with Crippen molar-refractivity contribution >= 4 is 17.5 Å². The molecule has 3 N–H and O–H groups in total. The number of carbonyl (C=O) groups excluding carboxylic acids is 2. The van der Waals surface area contributed by atoms with Crippen LogP contribution in [0.4, 0.5) is 5.69 Å². The highest BCUT2D eigenvalue weighted by molar-refractivity contribution is 5.93. The second kappa shape index (κ2) is 6.80. The lowest BCUT2D eigenvalue weighted by molar-refractivity contribution is -0.120. The third-order valence-electron chi connectivity index (χ3n) is 3.16. The predicted octanol–water partition coefficient (Wildman–Crippen LogP) is 2.08. The van der Waals surface area contributed by atoms with E-state index in [0.29, 0.717) is 0 Å². The van der Waals surface area contributed by atoms with Crippen LogP contribution in [0, 0.1) is 20.8 Å². The van der Waals surface area contributed by atoms with E-state index in [1.54, 1.807) is 6.07 Å². The number of furan rings is 1. The minimum Gasteiger partial charge on any atom is -0.459 e. The normalized spacial score (nSPS) is 10.1. The molecule has 2 rings (SSSR count). The Labute approximate surface area is 128 Å². The molecule has 6 nitrogen and oxygen atoms in total. The molecule has 116 valence electrons. The summed E-state index contributed by atoms with van der Waals surface area (Å²) in [5.74, 6) is -0.709. The summed E-state index contributed by atoms with van der Waals surface area (Å²) in [6.07, 6.45) is 1.39. The summed E-state index contributed by atoms with van der Waals surface area (Å²) in [6, 6.07) is 7.21. The molecule has 1 heterocycles. The number of hydrazine groups is 1. The lowest BCUT2D eigenvalue weighted by Gasteiger charge is -2.14. The van der Waals surface area contributed by atoms with E-state index in [1.807, 2.05) is 32.9 Å². The lowest BCUT2D eigenvalue weighted by Crippen LogP contribution is -2.44. The van der Waals surface area contributed by atoms with Crippen molar-refractivity contribution in [2.45, 2.75) is 20.8 Å². The van der Waals surface area contributed by atoms with E-state index >= 15 is 0 Å². The summed E-state index contributed by atoms with van der Waals surface area (Å²) in [5.41, 5.74) is 8.87. The number of anilines is 1. The van der Waals surface area contributed by atoms with E-state index in [4.69, 9.17) is 4.42 Å². The first-order valence-corrected chi connectivity index (χ1v) is 6.92. The van der Waals surface area contributed by atoms with Crippen LogP contribution in [0.25, 0.3) is 0 Å². The number of benzene rings is 1. The van der Waals surface area contributed by atoms with E-state index in [2.05, 4.69) is 16.2 Å². The number of aryl methyl sites for hydroxylation is 3. The van der Waals surface area contributed by atoms with Gasteiger partial charge in [-0.2, -0.15) is 0 Å². The molecule has 0 aliphatic heterocycles. The van der Waals surface area contributed by atoms with E-state index in [0.717, 1.165) is 16.8 Å². The number of hydrogen-bond donors (Lipinski definition) is 3. The first-order valence-electron chi connectivity index (χ1n) is 6.92. The SMILES string of the molecule is Cc1cc(C)c(NCC(=O)NNC(=O)c2ccco2)c(C)c1. The number of nitrogens with one attached hydrogen (secondary N) is 3. The molecule has 1 aromatic carbocycles. The zero-order valence-electron chi connectivity index (χ0n) is 12.8. The van der Waals surface area contributed by atoms with Gasteiger partial charge in [0.2, 0.25) is 0 Å². The Morgan fingerprint density at radius 2 is 1.77 bits per heavy atom. The van der Waals surface area contributed by atoms with Gasteiger partial charge in [-0.3, -0.25) is 20.4 Å². The molecule has 6 heteroatoms. The Morgan fingerprint density at radius 1 is 1.09 bits per heavy atom. The van der Waals surface area contributed by atoms with Crippen LogP contribution in [0.2, 0.25) is 0 Å². The minimum absolute atomic E-state index is 0.0587. The maximum atomic E-state index is 11.8. The van der Waals surface area contributed by atoms with Gasteiger partial charge in [0.15, 0.2) is 5.76 Å². The molecule has 0 aliphatic rings. The predicted molar refractivity (Wildman–Crippen MR) is 83.5 cm³/mol. The average Bonchev–Trinajstić information content (AvgIpc) is 2.97. The molecule has 0 saturated carbocycles. The molecule has 22 heavy (non-hydrogen) atoms. The van der Waals surface area contributed by atoms with Gasteiger partial charge in [-0.05, 0) is 44.0 Å². The highest BCUT2D eigenvalue weighted by Crippen LogP contribution is 2.21. The fourth-order valence-electron chi connectivity index (χ4n) is 2.27. The van der Waals surface area contributed by atoms with E-state index < -0.39 is 5.91 Å². The van der Waals surface area contributed by atoms with Crippen molar-refractivity contribution in [3.05, 3.63) is 53.0 Å². The van der Waals surface area contributed by atoms with Gasteiger partial charge in [0.25, 0.3) is 5.91 Å². The molecule has 0 bridgehead atoms. The van der Waals surface area contributed by atoms with Gasteiger partial charge < -0.3 is 9.73 Å². The zero-order valence-corrected chi connectivity index (χ0v) is 12.8. The van der Waals surface area contributed by atoms with Crippen molar-refractivity contribution in [1.29, 1.82) is 0 Å². The standard InChI is InChI=1S/C16H19N3O3/c1-10-7-11(2)15(12(3)8-10)17-9-14(20)18-19-16(21)13-5-4-6-22-13/h4-8,17H,9H2,1-3H3,(H,18,20)(H,19,21). The number of amides is 2. The minimum atomic E-state index is -0.499. The first-order chi connectivity index (χ1) is 10.5. The highest BCUT2D eigenvalue weighted by atomic mass is 16.3. The van der Waals surface area contributed by atoms with Crippen molar-refractivity contribution in [2.75, 3.05) is 11.9 Å². The van der Waals surface area contributed by atoms with Crippen LogP contribution >= 0.6 is 0 Å². The number of hydrogen-bond acceptors (Lipinski definition) is 4. The summed E-state index contributed by atoms with van der Waals surface area (Å²) in [7, 11) is 0. The summed E-state index contributed by atoms with van der Waals surface area (Å²) in [4.78, 5) is 23.4. The van der Waals surface area contributed by atoms with E-state index in [-0.39, 0.29) is 18.2 Å². The number of rotatable bonds is 4. The third-order valence-corrected chi connectivity index (χ3v) is 3.16. The van der Waals surface area contributed by atoms with Gasteiger partial charge in [-0.1, -0.05) is 17.7 Å². The average molecular weight is 301 g/mol. The molecule has 0 unspecified atom stereocenters. The number of carbonyl (C=O) groups is 2. The molecule has 0 saturated heterocycles. The monoisotopic (exact) mass is 301 g/mol. The van der Waals surface area contributed by atoms with Gasteiger partial charge >= 0.3 is 5.91 Å². The van der Waals surface area contributed by atoms with Gasteiger partial charge in [-0.25, -0.2) is 0 Å². The maximum absolute atomic E-state index is 11.8. The Kier molecular flexibility index (Phi) is 4.83. The van der Waals surface area contributed by atoms with Crippen molar-refractivity contribution in [3.63, 3.8) is 0 Å². The van der Waals surface area contributed by atoms with Gasteiger partial charge in [0, 0.05) is 5.69 Å². The Hall–Kier alpha value is -2.76. The molecular formula is C16H19N3O3. The lowest BCUT2D eigenvalue weighted by atomic mass is 10.1. The fraction of sp³-hybridized carbons (Fsp3) is 0.250. The molecule has 1 aromatic heterocycles. The van der Waals surface area contributed by atoms with Crippen molar-refractivity contribution in [2.24, 2.45) is 0 Å². The largest absolute Gasteiger partial charge is 0.459 e. The maximum Gasteiger partial charge on any atom is 0.305 e. The van der Waals surface area contributed by atoms with Gasteiger partial charge in [0.05, 0.1) is 12.8 Å². The van der Waals surface area contributed by atoms with Crippen LogP contribution < -0.4 is 16.2 Å². The topological polar surface area (TPSA) is 83.4 Å². The first kappa shape index (κ1) is 15.6. The summed E-state index contributed by atoms with van der Waals surface area (Å²) >= 11 is 0.